The second kappa shape index (κ2) is 8.43. The molecule has 1 saturated carbocycles. The highest BCUT2D eigenvalue weighted by Crippen LogP contribution is 2.31. The fourth-order valence-corrected chi connectivity index (χ4v) is 3.13. The van der Waals surface area contributed by atoms with Gasteiger partial charge in [0, 0.05) is 6.54 Å². The number of benzene rings is 1. The Kier molecular flexibility index (Phi) is 6.56. The third-order valence-electron chi connectivity index (χ3n) is 4.68. The van der Waals surface area contributed by atoms with Crippen LogP contribution < -0.4 is 4.74 Å². The number of hydrogen-bond donors (Lipinski definition) is 0. The van der Waals surface area contributed by atoms with E-state index in [0.29, 0.717) is 0 Å². The summed E-state index contributed by atoms with van der Waals surface area (Å²) in [6, 6.07) is 8.66. The molecule has 0 atom stereocenters. The lowest BCUT2D eigenvalue weighted by molar-refractivity contribution is 0.261. The molecule has 0 aliphatic heterocycles. The molecular weight excluding hydrogens is 258 g/mol. The predicted octanol–water partition coefficient (Wildman–Crippen LogP) is 4.39. The summed E-state index contributed by atoms with van der Waals surface area (Å²) in [5.74, 6) is 2.92. The van der Waals surface area contributed by atoms with E-state index in [-0.39, 0.29) is 0 Å². The topological polar surface area (TPSA) is 12.5 Å². The van der Waals surface area contributed by atoms with Crippen LogP contribution in [-0.4, -0.2) is 32.1 Å². The fraction of sp³-hybridized carbons (Fsp3) is 0.684. The summed E-state index contributed by atoms with van der Waals surface area (Å²) < 4.78 is 5.82. The van der Waals surface area contributed by atoms with Crippen LogP contribution in [-0.2, 0) is 6.42 Å². The van der Waals surface area contributed by atoms with Crippen LogP contribution in [0.3, 0.4) is 0 Å². The highest BCUT2D eigenvalue weighted by Gasteiger charge is 2.17. The van der Waals surface area contributed by atoms with Crippen LogP contribution in [0.15, 0.2) is 24.3 Å². The molecule has 1 aromatic carbocycles. The van der Waals surface area contributed by atoms with Crippen LogP contribution in [0.5, 0.6) is 5.75 Å². The molecule has 118 valence electrons. The number of rotatable bonds is 7. The summed E-state index contributed by atoms with van der Waals surface area (Å²) in [5.41, 5.74) is 1.43. The van der Waals surface area contributed by atoms with Crippen molar-refractivity contribution in [3.05, 3.63) is 29.8 Å². The van der Waals surface area contributed by atoms with Crippen LogP contribution >= 0.6 is 0 Å². The normalized spacial score (nSPS) is 22.5. The van der Waals surface area contributed by atoms with Gasteiger partial charge in [-0.25, -0.2) is 0 Å². The van der Waals surface area contributed by atoms with Crippen molar-refractivity contribution in [3.8, 4) is 5.75 Å². The molecule has 0 N–H and O–H groups in total. The van der Waals surface area contributed by atoms with E-state index in [1.165, 1.54) is 44.1 Å². The summed E-state index contributed by atoms with van der Waals surface area (Å²) >= 11 is 0. The van der Waals surface area contributed by atoms with Gasteiger partial charge in [-0.05, 0) is 56.5 Å². The molecule has 1 fully saturated rings. The highest BCUT2D eigenvalue weighted by atomic mass is 16.5. The lowest BCUT2D eigenvalue weighted by Gasteiger charge is -2.26. The molecule has 2 heteroatoms. The third kappa shape index (κ3) is 6.09. The zero-order valence-corrected chi connectivity index (χ0v) is 14.0. The minimum absolute atomic E-state index is 0.761. The standard InChI is InChI=1S/C19H31NO/c1-16-7-9-17(10-8-16)11-12-18-5-4-6-19(15-18)21-14-13-20(2)3/h4-6,15-17H,7-14H2,1-3H3. The van der Waals surface area contributed by atoms with E-state index in [9.17, 15) is 0 Å². The molecule has 0 spiro atoms. The molecule has 1 aliphatic carbocycles. The van der Waals surface area contributed by atoms with E-state index >= 15 is 0 Å². The maximum absolute atomic E-state index is 5.82. The van der Waals surface area contributed by atoms with E-state index in [4.69, 9.17) is 4.74 Å². The number of likely N-dealkylation sites (N-methyl/N-ethyl adjacent to an activating group) is 1. The van der Waals surface area contributed by atoms with Crippen LogP contribution in [0.1, 0.15) is 44.6 Å². The molecule has 0 unspecified atom stereocenters. The van der Waals surface area contributed by atoms with Gasteiger partial charge in [0.05, 0.1) is 0 Å². The summed E-state index contributed by atoms with van der Waals surface area (Å²) in [4.78, 5) is 2.15. The van der Waals surface area contributed by atoms with Gasteiger partial charge in [-0.3, -0.25) is 0 Å². The van der Waals surface area contributed by atoms with Gasteiger partial charge in [0.25, 0.3) is 0 Å². The van der Waals surface area contributed by atoms with Crippen molar-refractivity contribution in [2.24, 2.45) is 11.8 Å². The zero-order chi connectivity index (χ0) is 15.1. The largest absolute Gasteiger partial charge is 0.492 e. The first-order chi connectivity index (χ1) is 10.1. The lowest BCUT2D eigenvalue weighted by atomic mass is 9.80. The summed E-state index contributed by atoms with van der Waals surface area (Å²) in [6.45, 7) is 4.12. The van der Waals surface area contributed by atoms with E-state index in [1.54, 1.807) is 0 Å². The van der Waals surface area contributed by atoms with Gasteiger partial charge >= 0.3 is 0 Å². The molecule has 0 aromatic heterocycles. The Balaban J connectivity index is 1.75. The number of nitrogens with zero attached hydrogens (tertiary/aromatic N) is 1. The summed E-state index contributed by atoms with van der Waals surface area (Å²) in [7, 11) is 4.15. The molecule has 1 aliphatic rings. The van der Waals surface area contributed by atoms with E-state index < -0.39 is 0 Å². The van der Waals surface area contributed by atoms with Crippen molar-refractivity contribution in [2.45, 2.75) is 45.4 Å². The Morgan fingerprint density at radius 2 is 1.90 bits per heavy atom. The Hall–Kier alpha value is -1.02. The molecule has 2 nitrogen and oxygen atoms in total. The molecule has 21 heavy (non-hydrogen) atoms. The quantitative estimate of drug-likeness (QED) is 0.738. The first-order valence-corrected chi connectivity index (χ1v) is 8.50. The fourth-order valence-electron chi connectivity index (χ4n) is 3.13. The number of aryl methyl sites for hydroxylation is 1. The summed E-state index contributed by atoms with van der Waals surface area (Å²) in [5, 5.41) is 0. The smallest absolute Gasteiger partial charge is 0.119 e. The third-order valence-corrected chi connectivity index (χ3v) is 4.68. The van der Waals surface area contributed by atoms with Crippen LogP contribution in [0, 0.1) is 11.8 Å². The van der Waals surface area contributed by atoms with Gasteiger partial charge in [-0.1, -0.05) is 44.7 Å². The predicted molar refractivity (Wildman–Crippen MR) is 89.9 cm³/mol. The van der Waals surface area contributed by atoms with Gasteiger partial charge < -0.3 is 9.64 Å². The number of hydrogen-bond acceptors (Lipinski definition) is 2. The summed E-state index contributed by atoms with van der Waals surface area (Å²) in [6.07, 6.45) is 8.26. The van der Waals surface area contributed by atoms with E-state index in [0.717, 1.165) is 30.7 Å². The van der Waals surface area contributed by atoms with E-state index in [2.05, 4.69) is 50.2 Å². The van der Waals surface area contributed by atoms with Crippen molar-refractivity contribution < 1.29 is 4.74 Å². The molecule has 2 rings (SSSR count). The van der Waals surface area contributed by atoms with Crippen LogP contribution in [0.25, 0.3) is 0 Å². The minimum Gasteiger partial charge on any atom is -0.492 e. The monoisotopic (exact) mass is 289 g/mol. The van der Waals surface area contributed by atoms with Gasteiger partial charge in [-0.15, -0.1) is 0 Å². The van der Waals surface area contributed by atoms with Crippen molar-refractivity contribution >= 4 is 0 Å². The Morgan fingerprint density at radius 1 is 1.14 bits per heavy atom. The van der Waals surface area contributed by atoms with Crippen molar-refractivity contribution in [2.75, 3.05) is 27.2 Å². The van der Waals surface area contributed by atoms with Gasteiger partial charge in [0.15, 0.2) is 0 Å². The Labute approximate surface area is 130 Å². The molecule has 0 heterocycles. The SMILES string of the molecule is CC1CCC(CCc2cccc(OCCN(C)C)c2)CC1. The van der Waals surface area contributed by atoms with Gasteiger partial charge in [0.1, 0.15) is 12.4 Å². The number of ether oxygens (including phenoxy) is 1. The molecule has 1 aromatic rings. The average Bonchev–Trinajstić information content (AvgIpc) is 2.47. The van der Waals surface area contributed by atoms with Crippen LogP contribution in [0.2, 0.25) is 0 Å². The Morgan fingerprint density at radius 3 is 2.62 bits per heavy atom. The Bertz CT molecular complexity index is 408. The zero-order valence-electron chi connectivity index (χ0n) is 14.0. The minimum atomic E-state index is 0.761. The second-order valence-electron chi connectivity index (χ2n) is 6.96. The molecular formula is C19H31NO. The molecule has 0 saturated heterocycles. The maximum atomic E-state index is 5.82. The van der Waals surface area contributed by atoms with E-state index in [1.807, 2.05) is 0 Å². The van der Waals surface area contributed by atoms with Gasteiger partial charge in [0.2, 0.25) is 0 Å². The average molecular weight is 289 g/mol. The van der Waals surface area contributed by atoms with Crippen molar-refractivity contribution in [1.29, 1.82) is 0 Å². The first-order valence-electron chi connectivity index (χ1n) is 8.50. The van der Waals surface area contributed by atoms with Crippen molar-refractivity contribution in [1.82, 2.24) is 4.90 Å². The second-order valence-corrected chi connectivity index (χ2v) is 6.96. The molecule has 0 bridgehead atoms. The van der Waals surface area contributed by atoms with Gasteiger partial charge in [-0.2, -0.15) is 0 Å². The first kappa shape index (κ1) is 16.4. The van der Waals surface area contributed by atoms with Crippen molar-refractivity contribution in [3.63, 3.8) is 0 Å². The molecule has 0 amide bonds. The van der Waals surface area contributed by atoms with Crippen LogP contribution in [0.4, 0.5) is 0 Å². The lowest BCUT2D eigenvalue weighted by Crippen LogP contribution is -2.19. The maximum Gasteiger partial charge on any atom is 0.119 e. The highest BCUT2D eigenvalue weighted by molar-refractivity contribution is 5.28. The molecule has 0 radical (unpaired) electrons.